The van der Waals surface area contributed by atoms with Crippen LogP contribution in [-0.4, -0.2) is 37.2 Å². The predicted octanol–water partition coefficient (Wildman–Crippen LogP) is 1.85. The van der Waals surface area contributed by atoms with Crippen molar-refractivity contribution < 1.29 is 17.9 Å². The van der Waals surface area contributed by atoms with Gasteiger partial charge in [-0.1, -0.05) is 24.1 Å². The molecule has 1 heterocycles. The Morgan fingerprint density at radius 2 is 2.14 bits per heavy atom. The summed E-state index contributed by atoms with van der Waals surface area (Å²) in [5.41, 5.74) is 5.75. The number of sulfone groups is 1. The average molecular weight is 336 g/mol. The first kappa shape index (κ1) is 16.7. The molecule has 1 saturated heterocycles. The average Bonchev–Trinajstić information content (AvgIpc) is 2.42. The minimum absolute atomic E-state index is 0.0526. The molecular weight excluding hydrogens is 317 g/mol. The van der Waals surface area contributed by atoms with Crippen LogP contribution in [0, 0.1) is 5.82 Å². The number of halogens is 2. The molecule has 3 N–H and O–H groups in total. The number of nitrogens with two attached hydrogens (primary N) is 1. The van der Waals surface area contributed by atoms with Gasteiger partial charge in [-0.2, -0.15) is 0 Å². The summed E-state index contributed by atoms with van der Waals surface area (Å²) in [5.74, 6) is -1.36. The second kappa shape index (κ2) is 6.60. The van der Waals surface area contributed by atoms with E-state index in [2.05, 4.69) is 0 Å². The summed E-state index contributed by atoms with van der Waals surface area (Å²) in [5, 5.41) is 9.73. The summed E-state index contributed by atoms with van der Waals surface area (Å²) < 4.78 is 38.2. The molecule has 0 spiro atoms. The molecule has 1 aliphatic rings. The molecule has 1 aromatic carbocycles. The molecule has 1 fully saturated rings. The van der Waals surface area contributed by atoms with Crippen LogP contribution in [0.15, 0.2) is 18.2 Å². The lowest BCUT2D eigenvalue weighted by atomic mass is 9.89. The van der Waals surface area contributed by atoms with Gasteiger partial charge in [0.05, 0.1) is 17.1 Å². The van der Waals surface area contributed by atoms with Crippen LogP contribution in [0.4, 0.5) is 4.39 Å². The molecule has 3 unspecified atom stereocenters. The molecule has 0 aromatic heterocycles. The molecule has 7 heteroatoms. The van der Waals surface area contributed by atoms with Crippen molar-refractivity contribution in [3.63, 3.8) is 0 Å². The van der Waals surface area contributed by atoms with Crippen LogP contribution in [0.1, 0.15) is 30.7 Å². The fourth-order valence-electron chi connectivity index (χ4n) is 2.91. The van der Waals surface area contributed by atoms with Crippen LogP contribution >= 0.6 is 11.6 Å². The summed E-state index contributed by atoms with van der Waals surface area (Å²) in [6.45, 7) is -0.0756. The van der Waals surface area contributed by atoms with Gasteiger partial charge < -0.3 is 10.8 Å². The van der Waals surface area contributed by atoms with Gasteiger partial charge in [0, 0.05) is 23.0 Å². The van der Waals surface area contributed by atoms with Gasteiger partial charge in [-0.05, 0) is 25.0 Å². The molecule has 0 aliphatic carbocycles. The van der Waals surface area contributed by atoms with Crippen molar-refractivity contribution in [2.45, 2.75) is 36.5 Å². The number of rotatable bonds is 4. The van der Waals surface area contributed by atoms with E-state index in [1.807, 2.05) is 0 Å². The molecule has 0 bridgehead atoms. The lowest BCUT2D eigenvalue weighted by molar-refractivity contribution is 0.132. The maximum atomic E-state index is 14.0. The van der Waals surface area contributed by atoms with Crippen molar-refractivity contribution in [2.24, 2.45) is 5.73 Å². The summed E-state index contributed by atoms with van der Waals surface area (Å²) in [6, 6.07) is 4.19. The molecule has 3 atom stereocenters. The fourth-order valence-corrected chi connectivity index (χ4v) is 5.27. The van der Waals surface area contributed by atoms with E-state index in [-0.39, 0.29) is 22.9 Å². The molecule has 21 heavy (non-hydrogen) atoms. The van der Waals surface area contributed by atoms with E-state index in [1.54, 1.807) is 0 Å². The van der Waals surface area contributed by atoms with E-state index in [0.717, 1.165) is 6.42 Å². The number of hydrogen-bond donors (Lipinski definition) is 2. The van der Waals surface area contributed by atoms with Gasteiger partial charge in [-0.3, -0.25) is 0 Å². The minimum atomic E-state index is -3.38. The van der Waals surface area contributed by atoms with Crippen LogP contribution in [0.5, 0.6) is 0 Å². The van der Waals surface area contributed by atoms with E-state index in [4.69, 9.17) is 17.3 Å². The molecule has 0 radical (unpaired) electrons. The van der Waals surface area contributed by atoms with Crippen LogP contribution in [0.3, 0.4) is 0 Å². The minimum Gasteiger partial charge on any atom is -0.391 e. The lowest BCUT2D eigenvalue weighted by Gasteiger charge is -2.32. The van der Waals surface area contributed by atoms with E-state index >= 15 is 0 Å². The Morgan fingerprint density at radius 3 is 2.71 bits per heavy atom. The number of aliphatic hydroxyl groups excluding tert-OH is 1. The second-order valence-corrected chi connectivity index (χ2v) is 8.12. The highest BCUT2D eigenvalue weighted by Gasteiger charge is 2.39. The largest absolute Gasteiger partial charge is 0.391 e. The Hall–Kier alpha value is -0.690. The SMILES string of the molecule is NCC(c1c(F)cccc1Cl)C(O)C1CCCCS1(=O)=O. The Kier molecular flexibility index (Phi) is 5.24. The van der Waals surface area contributed by atoms with Crippen molar-refractivity contribution in [3.05, 3.63) is 34.6 Å². The molecule has 0 saturated carbocycles. The zero-order chi connectivity index (χ0) is 15.6. The summed E-state index contributed by atoms with van der Waals surface area (Å²) in [6.07, 6.45) is 0.434. The Balaban J connectivity index is 2.37. The summed E-state index contributed by atoms with van der Waals surface area (Å²) in [4.78, 5) is 0. The first-order valence-electron chi connectivity index (χ1n) is 6.92. The van der Waals surface area contributed by atoms with Gasteiger partial charge in [0.25, 0.3) is 0 Å². The van der Waals surface area contributed by atoms with Crippen molar-refractivity contribution in [3.8, 4) is 0 Å². The first-order chi connectivity index (χ1) is 9.88. The van der Waals surface area contributed by atoms with E-state index in [1.165, 1.54) is 18.2 Å². The second-order valence-electron chi connectivity index (χ2n) is 5.37. The van der Waals surface area contributed by atoms with Gasteiger partial charge in [0.1, 0.15) is 5.82 Å². The first-order valence-corrected chi connectivity index (χ1v) is 9.01. The molecule has 1 aromatic rings. The van der Waals surface area contributed by atoms with E-state index in [0.29, 0.717) is 12.8 Å². The van der Waals surface area contributed by atoms with Gasteiger partial charge in [0.2, 0.25) is 0 Å². The number of hydrogen-bond acceptors (Lipinski definition) is 4. The quantitative estimate of drug-likeness (QED) is 0.880. The normalized spacial score (nSPS) is 24.5. The molecule has 2 rings (SSSR count). The standard InChI is InChI=1S/C14H19ClFNO3S/c15-10-4-3-5-11(16)13(10)9(8-17)14(18)12-6-1-2-7-21(12,19)20/h3-5,9,12,14,18H,1-2,6-8,17H2. The van der Waals surface area contributed by atoms with Gasteiger partial charge in [-0.15, -0.1) is 0 Å². The third-order valence-corrected chi connectivity index (χ3v) is 6.67. The Morgan fingerprint density at radius 1 is 1.43 bits per heavy atom. The molecular formula is C14H19ClFNO3S. The van der Waals surface area contributed by atoms with Gasteiger partial charge >= 0.3 is 0 Å². The molecule has 0 amide bonds. The van der Waals surface area contributed by atoms with Crippen LogP contribution < -0.4 is 5.73 Å². The van der Waals surface area contributed by atoms with Crippen molar-refractivity contribution >= 4 is 21.4 Å². The fraction of sp³-hybridized carbons (Fsp3) is 0.571. The molecule has 118 valence electrons. The van der Waals surface area contributed by atoms with Crippen molar-refractivity contribution in [1.82, 2.24) is 0 Å². The van der Waals surface area contributed by atoms with Gasteiger partial charge in [0.15, 0.2) is 9.84 Å². The highest BCUT2D eigenvalue weighted by atomic mass is 35.5. The topological polar surface area (TPSA) is 80.4 Å². The van der Waals surface area contributed by atoms with E-state index in [9.17, 15) is 17.9 Å². The zero-order valence-corrected chi connectivity index (χ0v) is 13.1. The van der Waals surface area contributed by atoms with Crippen LogP contribution in [0.2, 0.25) is 5.02 Å². The maximum Gasteiger partial charge on any atom is 0.155 e. The highest BCUT2D eigenvalue weighted by Crippen LogP contribution is 2.34. The monoisotopic (exact) mass is 335 g/mol. The maximum absolute atomic E-state index is 14.0. The Bertz CT molecular complexity index is 588. The third-order valence-electron chi connectivity index (χ3n) is 4.05. The van der Waals surface area contributed by atoms with Gasteiger partial charge in [-0.25, -0.2) is 12.8 Å². The molecule has 4 nitrogen and oxygen atoms in total. The van der Waals surface area contributed by atoms with Crippen LogP contribution in [0.25, 0.3) is 0 Å². The van der Waals surface area contributed by atoms with Crippen molar-refractivity contribution in [1.29, 1.82) is 0 Å². The van der Waals surface area contributed by atoms with Crippen LogP contribution in [-0.2, 0) is 9.84 Å². The zero-order valence-electron chi connectivity index (χ0n) is 11.5. The highest BCUT2D eigenvalue weighted by molar-refractivity contribution is 7.92. The third kappa shape index (κ3) is 3.39. The Labute approximate surface area is 129 Å². The number of benzene rings is 1. The van der Waals surface area contributed by atoms with E-state index < -0.39 is 32.9 Å². The molecule has 1 aliphatic heterocycles. The predicted molar refractivity (Wildman–Crippen MR) is 80.6 cm³/mol. The summed E-state index contributed by atoms with van der Waals surface area (Å²) >= 11 is 6.00. The number of aliphatic hydroxyl groups is 1. The van der Waals surface area contributed by atoms with Crippen molar-refractivity contribution in [2.75, 3.05) is 12.3 Å². The smallest absolute Gasteiger partial charge is 0.155 e. The summed E-state index contributed by atoms with van der Waals surface area (Å²) in [7, 11) is -3.38. The lowest BCUT2D eigenvalue weighted by Crippen LogP contribution is -2.43.